The normalized spacial score (nSPS) is 18.6. The maximum Gasteiger partial charge on any atom is 0.325 e. The Morgan fingerprint density at radius 1 is 0.938 bits per heavy atom. The third-order valence-corrected chi connectivity index (χ3v) is 6.56. The highest BCUT2D eigenvalue weighted by Gasteiger charge is 2.49. The van der Waals surface area contributed by atoms with E-state index in [9.17, 15) is 18.0 Å². The molecule has 1 aliphatic rings. The number of methoxy groups -OCH3 is 1. The van der Waals surface area contributed by atoms with E-state index in [0.29, 0.717) is 11.3 Å². The summed E-state index contributed by atoms with van der Waals surface area (Å²) in [5.41, 5.74) is -0.714. The van der Waals surface area contributed by atoms with Crippen LogP contribution in [0.15, 0.2) is 66.7 Å². The molecule has 4 rings (SSSR count). The smallest absolute Gasteiger partial charge is 0.325 e. The number of hydrogen-bond donors (Lipinski definition) is 1. The first-order valence-corrected chi connectivity index (χ1v) is 11.5. The van der Waals surface area contributed by atoms with Gasteiger partial charge in [-0.1, -0.05) is 36.4 Å². The van der Waals surface area contributed by atoms with Crippen molar-refractivity contribution in [2.24, 2.45) is 0 Å². The number of rotatable bonds is 7. The third-order valence-electron chi connectivity index (χ3n) is 5.43. The fourth-order valence-electron chi connectivity index (χ4n) is 3.62. The van der Waals surface area contributed by atoms with E-state index in [-0.39, 0.29) is 12.3 Å². The molecule has 1 heterocycles. The van der Waals surface area contributed by atoms with Gasteiger partial charge in [-0.3, -0.25) is 9.69 Å². The molecule has 0 unspecified atom stereocenters. The minimum absolute atomic E-state index is 0.169. The fourth-order valence-corrected chi connectivity index (χ4v) is 4.52. The molecule has 9 heteroatoms. The molecule has 8 nitrogen and oxygen atoms in total. The Morgan fingerprint density at radius 3 is 2.34 bits per heavy atom. The SMILES string of the molecule is COc1ccc2cc([C@]3(C)NC(=O)N(CCS(=O)(=O)Oc4ccccc4)C3=O)ccc2c1. The van der Waals surface area contributed by atoms with Gasteiger partial charge in [0, 0.05) is 6.54 Å². The van der Waals surface area contributed by atoms with Gasteiger partial charge in [0.05, 0.1) is 7.11 Å². The highest BCUT2D eigenvalue weighted by Crippen LogP contribution is 2.32. The van der Waals surface area contributed by atoms with Crippen LogP contribution in [0, 0.1) is 0 Å². The Hall–Kier alpha value is -3.59. The van der Waals surface area contributed by atoms with Gasteiger partial charge in [-0.15, -0.1) is 0 Å². The van der Waals surface area contributed by atoms with Crippen LogP contribution in [-0.4, -0.2) is 44.7 Å². The van der Waals surface area contributed by atoms with E-state index >= 15 is 0 Å². The van der Waals surface area contributed by atoms with Crippen molar-refractivity contribution >= 4 is 32.8 Å². The van der Waals surface area contributed by atoms with Gasteiger partial charge in [0.25, 0.3) is 5.91 Å². The molecular formula is C23H22N2O6S. The first-order valence-electron chi connectivity index (χ1n) is 9.91. The lowest BCUT2D eigenvalue weighted by Crippen LogP contribution is -2.41. The van der Waals surface area contributed by atoms with E-state index in [1.807, 2.05) is 30.3 Å². The lowest BCUT2D eigenvalue weighted by molar-refractivity contribution is -0.130. The highest BCUT2D eigenvalue weighted by molar-refractivity contribution is 7.87. The molecule has 32 heavy (non-hydrogen) atoms. The van der Waals surface area contributed by atoms with Crippen LogP contribution in [0.5, 0.6) is 11.5 Å². The molecule has 1 atom stereocenters. The lowest BCUT2D eigenvalue weighted by Gasteiger charge is -2.23. The Bertz CT molecular complexity index is 1290. The van der Waals surface area contributed by atoms with Crippen LogP contribution in [0.4, 0.5) is 4.79 Å². The Kier molecular flexibility index (Phi) is 5.52. The minimum atomic E-state index is -3.99. The summed E-state index contributed by atoms with van der Waals surface area (Å²) in [7, 11) is -2.41. The maximum absolute atomic E-state index is 13.1. The van der Waals surface area contributed by atoms with E-state index in [1.165, 1.54) is 12.1 Å². The van der Waals surface area contributed by atoms with Gasteiger partial charge >= 0.3 is 16.1 Å². The molecule has 1 saturated heterocycles. The molecule has 0 radical (unpaired) electrons. The Labute approximate surface area is 185 Å². The van der Waals surface area contributed by atoms with Crippen molar-refractivity contribution in [3.8, 4) is 11.5 Å². The molecule has 0 saturated carbocycles. The number of carbonyl (C=O) groups is 2. The number of amides is 3. The predicted octanol–water partition coefficient (Wildman–Crippen LogP) is 3.02. The number of nitrogens with one attached hydrogen (secondary N) is 1. The number of ether oxygens (including phenoxy) is 1. The van der Waals surface area contributed by atoms with Gasteiger partial charge in [-0.2, -0.15) is 8.42 Å². The van der Waals surface area contributed by atoms with Crippen molar-refractivity contribution in [3.63, 3.8) is 0 Å². The minimum Gasteiger partial charge on any atom is -0.497 e. The van der Waals surface area contributed by atoms with Crippen molar-refractivity contribution in [2.45, 2.75) is 12.5 Å². The second-order valence-corrected chi connectivity index (χ2v) is 9.29. The maximum atomic E-state index is 13.1. The number of hydrogen-bond acceptors (Lipinski definition) is 6. The quantitative estimate of drug-likeness (QED) is 0.435. The van der Waals surface area contributed by atoms with Crippen LogP contribution < -0.4 is 14.2 Å². The topological polar surface area (TPSA) is 102 Å². The van der Waals surface area contributed by atoms with Gasteiger partial charge in [0.2, 0.25) is 0 Å². The summed E-state index contributed by atoms with van der Waals surface area (Å²) in [4.78, 5) is 26.6. The zero-order chi connectivity index (χ0) is 22.9. The van der Waals surface area contributed by atoms with Crippen LogP contribution >= 0.6 is 0 Å². The molecule has 1 N–H and O–H groups in total. The molecule has 0 spiro atoms. The molecule has 1 aliphatic heterocycles. The molecular weight excluding hydrogens is 432 g/mol. The predicted molar refractivity (Wildman–Crippen MR) is 119 cm³/mol. The van der Waals surface area contributed by atoms with Crippen molar-refractivity contribution in [1.29, 1.82) is 0 Å². The molecule has 3 aromatic rings. The lowest BCUT2D eigenvalue weighted by atomic mass is 9.90. The van der Waals surface area contributed by atoms with E-state index in [2.05, 4.69) is 5.32 Å². The van der Waals surface area contributed by atoms with Crippen molar-refractivity contribution in [2.75, 3.05) is 19.4 Å². The first-order chi connectivity index (χ1) is 15.2. The second kappa shape index (κ2) is 8.16. The van der Waals surface area contributed by atoms with E-state index < -0.39 is 33.3 Å². The van der Waals surface area contributed by atoms with Crippen molar-refractivity contribution < 1.29 is 26.9 Å². The van der Waals surface area contributed by atoms with Crippen molar-refractivity contribution in [3.05, 3.63) is 72.3 Å². The molecule has 3 amide bonds. The first kappa shape index (κ1) is 21.6. The molecule has 1 fully saturated rings. The van der Waals surface area contributed by atoms with Gasteiger partial charge in [-0.05, 0) is 53.6 Å². The summed E-state index contributed by atoms with van der Waals surface area (Å²) in [6, 6.07) is 18.4. The van der Waals surface area contributed by atoms with Gasteiger partial charge < -0.3 is 14.2 Å². The monoisotopic (exact) mass is 454 g/mol. The summed E-state index contributed by atoms with van der Waals surface area (Å²) in [6.45, 7) is 1.28. The number of urea groups is 1. The molecule has 3 aromatic carbocycles. The number of imide groups is 1. The average molecular weight is 455 g/mol. The summed E-state index contributed by atoms with van der Waals surface area (Å²) >= 11 is 0. The zero-order valence-electron chi connectivity index (χ0n) is 17.6. The average Bonchev–Trinajstić information content (AvgIpc) is 3.00. The molecule has 0 aromatic heterocycles. The second-order valence-electron chi connectivity index (χ2n) is 7.60. The summed E-state index contributed by atoms with van der Waals surface area (Å²) in [6.07, 6.45) is 0. The zero-order valence-corrected chi connectivity index (χ0v) is 18.4. The van der Waals surface area contributed by atoms with E-state index in [1.54, 1.807) is 38.3 Å². The molecule has 166 valence electrons. The van der Waals surface area contributed by atoms with E-state index in [4.69, 9.17) is 8.92 Å². The van der Waals surface area contributed by atoms with Gasteiger partial charge in [-0.25, -0.2) is 4.79 Å². The Balaban J connectivity index is 1.52. The van der Waals surface area contributed by atoms with Crippen LogP contribution in [0.3, 0.4) is 0 Å². The van der Waals surface area contributed by atoms with Crippen LogP contribution in [-0.2, 0) is 20.5 Å². The standard InChI is InChI=1S/C23H22N2O6S/c1-23(18-10-8-17-15-20(30-2)11-9-16(17)14-18)21(26)25(22(27)24-23)12-13-32(28,29)31-19-6-4-3-5-7-19/h3-11,14-15H,12-13H2,1-2H3,(H,24,27)/t23-/m0/s1. The number of fused-ring (bicyclic) bond motifs is 1. The number of nitrogens with zero attached hydrogens (tertiary/aromatic N) is 1. The molecule has 0 bridgehead atoms. The summed E-state index contributed by atoms with van der Waals surface area (Å²) < 4.78 is 34.9. The largest absolute Gasteiger partial charge is 0.497 e. The fraction of sp³-hybridized carbons (Fsp3) is 0.217. The Morgan fingerprint density at radius 2 is 1.62 bits per heavy atom. The third kappa shape index (κ3) is 4.11. The number of benzene rings is 3. The van der Waals surface area contributed by atoms with Gasteiger partial charge in [0.15, 0.2) is 0 Å². The summed E-state index contributed by atoms with van der Waals surface area (Å²) in [5, 5.41) is 4.50. The number of para-hydroxylation sites is 1. The summed E-state index contributed by atoms with van der Waals surface area (Å²) in [5.74, 6) is -0.159. The van der Waals surface area contributed by atoms with Gasteiger partial charge in [0.1, 0.15) is 22.8 Å². The van der Waals surface area contributed by atoms with Crippen molar-refractivity contribution in [1.82, 2.24) is 10.2 Å². The van der Waals surface area contributed by atoms with Crippen LogP contribution in [0.2, 0.25) is 0 Å². The number of carbonyl (C=O) groups excluding carboxylic acids is 2. The highest BCUT2D eigenvalue weighted by atomic mass is 32.2. The van der Waals surface area contributed by atoms with Crippen LogP contribution in [0.1, 0.15) is 12.5 Å². The van der Waals surface area contributed by atoms with E-state index in [0.717, 1.165) is 15.7 Å². The molecule has 0 aliphatic carbocycles. The van der Waals surface area contributed by atoms with Crippen LogP contribution in [0.25, 0.3) is 10.8 Å².